The van der Waals surface area contributed by atoms with Crippen LogP contribution in [-0.2, 0) is 6.18 Å². The summed E-state index contributed by atoms with van der Waals surface area (Å²) in [4.78, 5) is 1.95. The van der Waals surface area contributed by atoms with Gasteiger partial charge in [-0.05, 0) is 36.8 Å². The lowest BCUT2D eigenvalue weighted by atomic mass is 10.0. The van der Waals surface area contributed by atoms with Gasteiger partial charge in [0.25, 0.3) is 5.88 Å². The summed E-state index contributed by atoms with van der Waals surface area (Å²) in [7, 11) is 1.89. The first-order valence-corrected chi connectivity index (χ1v) is 8.64. The van der Waals surface area contributed by atoms with Gasteiger partial charge in [0, 0.05) is 23.2 Å². The van der Waals surface area contributed by atoms with E-state index >= 15 is 0 Å². The Hall–Kier alpha value is -2.97. The SMILES string of the molecule is CCC1=c2ccccc2=C2[NH2+]N(c3ccc(C(F)(F)F)cc3)C(O)=C2N1C.[OH-]. The number of rotatable bonds is 2. The normalized spacial score (nSPS) is 16.2. The molecule has 0 radical (unpaired) electrons. The minimum atomic E-state index is -4.39. The summed E-state index contributed by atoms with van der Waals surface area (Å²) in [6, 6.07) is 12.7. The minimum Gasteiger partial charge on any atom is -0.870 e. The highest BCUT2D eigenvalue weighted by Gasteiger charge is 2.39. The standard InChI is InChI=1S/C20H18F3N3O.H2O/c1-3-16-14-6-4-5-7-15(14)17-18(25(16)2)19(27)26(24-17)13-10-8-12(9-11-13)20(21,22)23;/h4-11,24,27H,3H2,1-2H3;1H2. The van der Waals surface area contributed by atoms with Crippen LogP contribution < -0.4 is 20.9 Å². The zero-order valence-electron chi connectivity index (χ0n) is 15.3. The maximum atomic E-state index is 12.8. The van der Waals surface area contributed by atoms with E-state index in [-0.39, 0.29) is 11.4 Å². The van der Waals surface area contributed by atoms with Gasteiger partial charge in [-0.3, -0.25) is 0 Å². The summed E-state index contributed by atoms with van der Waals surface area (Å²) in [6.45, 7) is 2.05. The topological polar surface area (TPSA) is 73.3 Å². The van der Waals surface area contributed by atoms with Crippen molar-refractivity contribution < 1.29 is 29.2 Å². The van der Waals surface area contributed by atoms with Gasteiger partial charge in [0.1, 0.15) is 0 Å². The van der Waals surface area contributed by atoms with E-state index in [9.17, 15) is 18.3 Å². The molecule has 0 aliphatic carbocycles. The molecule has 28 heavy (non-hydrogen) atoms. The smallest absolute Gasteiger partial charge is 0.416 e. The molecule has 0 saturated heterocycles. The maximum Gasteiger partial charge on any atom is 0.416 e. The van der Waals surface area contributed by atoms with Gasteiger partial charge >= 0.3 is 6.18 Å². The van der Waals surface area contributed by atoms with Crippen molar-refractivity contribution >= 4 is 17.1 Å². The lowest BCUT2D eigenvalue weighted by Crippen LogP contribution is -2.90. The fourth-order valence-electron chi connectivity index (χ4n) is 3.73. The van der Waals surface area contributed by atoms with Crippen LogP contribution >= 0.6 is 0 Å². The third-order valence-electron chi connectivity index (χ3n) is 5.03. The highest BCUT2D eigenvalue weighted by molar-refractivity contribution is 5.71. The zero-order valence-corrected chi connectivity index (χ0v) is 15.3. The van der Waals surface area contributed by atoms with Crippen molar-refractivity contribution in [2.24, 2.45) is 0 Å². The van der Waals surface area contributed by atoms with E-state index in [2.05, 4.69) is 6.92 Å². The number of nitrogens with two attached hydrogens (primary N) is 1. The molecule has 4 rings (SSSR count). The Labute approximate surface area is 159 Å². The van der Waals surface area contributed by atoms with Crippen molar-refractivity contribution in [3.8, 4) is 0 Å². The van der Waals surface area contributed by atoms with Crippen molar-refractivity contribution in [1.29, 1.82) is 0 Å². The predicted octanol–water partition coefficient (Wildman–Crippen LogP) is 1.83. The molecule has 5 nitrogen and oxygen atoms in total. The van der Waals surface area contributed by atoms with E-state index in [0.717, 1.165) is 40.4 Å². The van der Waals surface area contributed by atoms with Crippen LogP contribution in [0.3, 0.4) is 0 Å². The molecule has 0 aromatic heterocycles. The van der Waals surface area contributed by atoms with E-state index in [1.165, 1.54) is 17.1 Å². The number of fused-ring (bicyclic) bond motifs is 2. The number of quaternary nitrogens is 1. The summed E-state index contributed by atoms with van der Waals surface area (Å²) in [5.74, 6) is 0.00714. The van der Waals surface area contributed by atoms with Crippen LogP contribution in [0, 0.1) is 0 Å². The van der Waals surface area contributed by atoms with Crippen molar-refractivity contribution in [3.63, 3.8) is 0 Å². The first-order chi connectivity index (χ1) is 12.8. The maximum absolute atomic E-state index is 12.8. The molecule has 0 atom stereocenters. The molecule has 0 saturated carbocycles. The Morgan fingerprint density at radius 3 is 2.18 bits per heavy atom. The van der Waals surface area contributed by atoms with Crippen LogP contribution in [0.25, 0.3) is 11.4 Å². The van der Waals surface area contributed by atoms with E-state index in [1.807, 2.05) is 36.2 Å². The number of nitrogens with zero attached hydrogens (tertiary/aromatic N) is 2. The van der Waals surface area contributed by atoms with E-state index < -0.39 is 11.7 Å². The molecule has 2 aliphatic rings. The van der Waals surface area contributed by atoms with Gasteiger partial charge in [-0.2, -0.15) is 18.2 Å². The number of hydrogen-bond acceptors (Lipinski definition) is 4. The first-order valence-electron chi connectivity index (χ1n) is 8.64. The highest BCUT2D eigenvalue weighted by atomic mass is 19.4. The lowest BCUT2D eigenvalue weighted by molar-refractivity contribution is -0.568. The zero-order chi connectivity index (χ0) is 19.3. The number of halogens is 3. The molecule has 2 aliphatic heterocycles. The molecule has 0 unspecified atom stereocenters. The van der Waals surface area contributed by atoms with Gasteiger partial charge in [-0.15, -0.1) is 0 Å². The molecular weight excluding hydrogens is 371 g/mol. The number of benzene rings is 2. The Bertz CT molecular complexity index is 1060. The van der Waals surface area contributed by atoms with Crippen LogP contribution in [-0.4, -0.2) is 22.5 Å². The molecule has 4 N–H and O–H groups in total. The quantitative estimate of drug-likeness (QED) is 0.766. The Morgan fingerprint density at radius 2 is 1.61 bits per heavy atom. The number of alkyl halides is 3. The summed E-state index contributed by atoms with van der Waals surface area (Å²) in [5.41, 5.74) is 4.12. The fourth-order valence-corrected chi connectivity index (χ4v) is 3.73. The largest absolute Gasteiger partial charge is 0.870 e. The van der Waals surface area contributed by atoms with Gasteiger partial charge < -0.3 is 15.5 Å². The molecule has 0 spiro atoms. The van der Waals surface area contributed by atoms with Gasteiger partial charge in [-0.1, -0.05) is 25.1 Å². The third kappa shape index (κ3) is 2.90. The Morgan fingerprint density at radius 1 is 1.00 bits per heavy atom. The second-order valence-corrected chi connectivity index (χ2v) is 6.53. The summed E-state index contributed by atoms with van der Waals surface area (Å²) >= 11 is 0. The molecule has 2 aromatic carbocycles. The predicted molar refractivity (Wildman–Crippen MR) is 98.0 cm³/mol. The van der Waals surface area contributed by atoms with Gasteiger partial charge in [0.15, 0.2) is 11.4 Å². The third-order valence-corrected chi connectivity index (χ3v) is 5.03. The Kier molecular flexibility index (Phi) is 4.86. The average Bonchev–Trinajstić information content (AvgIpc) is 2.99. The van der Waals surface area contributed by atoms with Crippen molar-refractivity contribution in [2.75, 3.05) is 12.1 Å². The minimum absolute atomic E-state index is 0. The monoisotopic (exact) mass is 391 g/mol. The van der Waals surface area contributed by atoms with Crippen LogP contribution in [0.2, 0.25) is 0 Å². The van der Waals surface area contributed by atoms with Crippen LogP contribution in [0.1, 0.15) is 18.9 Å². The molecule has 0 fully saturated rings. The van der Waals surface area contributed by atoms with Gasteiger partial charge in [0.2, 0.25) is 0 Å². The van der Waals surface area contributed by atoms with Crippen molar-refractivity contribution in [1.82, 2.24) is 4.90 Å². The summed E-state index contributed by atoms with van der Waals surface area (Å²) in [5, 5.41) is 14.5. The second-order valence-electron chi connectivity index (χ2n) is 6.53. The average molecular weight is 391 g/mol. The molecule has 2 aromatic rings. The number of aliphatic hydroxyl groups excluding tert-OH is 1. The van der Waals surface area contributed by atoms with Crippen LogP contribution in [0.4, 0.5) is 18.9 Å². The lowest BCUT2D eigenvalue weighted by Gasteiger charge is -2.25. The summed E-state index contributed by atoms with van der Waals surface area (Å²) in [6.07, 6.45) is -3.60. The number of anilines is 1. The Balaban J connectivity index is 0.00000225. The molecule has 0 bridgehead atoms. The van der Waals surface area contributed by atoms with E-state index in [0.29, 0.717) is 11.4 Å². The first kappa shape index (κ1) is 19.8. The van der Waals surface area contributed by atoms with Gasteiger partial charge in [-0.25, -0.2) is 5.43 Å². The molecule has 0 amide bonds. The van der Waals surface area contributed by atoms with Crippen LogP contribution in [0.5, 0.6) is 0 Å². The van der Waals surface area contributed by atoms with E-state index in [4.69, 9.17) is 0 Å². The van der Waals surface area contributed by atoms with Crippen LogP contribution in [0.15, 0.2) is 60.1 Å². The van der Waals surface area contributed by atoms with Crippen molar-refractivity contribution in [2.45, 2.75) is 19.5 Å². The highest BCUT2D eigenvalue weighted by Crippen LogP contribution is 2.32. The van der Waals surface area contributed by atoms with Crippen molar-refractivity contribution in [3.05, 3.63) is 76.1 Å². The summed E-state index contributed by atoms with van der Waals surface area (Å²) < 4.78 is 38.5. The molecule has 148 valence electrons. The number of hydrogen-bond donors (Lipinski definition) is 2. The second kappa shape index (κ2) is 6.88. The molecule has 8 heteroatoms. The number of aliphatic hydroxyl groups is 1. The number of likely N-dealkylation sites (N-methyl/N-ethyl adjacent to an activating group) is 1. The molecular formula is C20H20F3N3O2. The fraction of sp³-hybridized carbons (Fsp3) is 0.200. The van der Waals surface area contributed by atoms with E-state index in [1.54, 1.807) is 5.43 Å². The van der Waals surface area contributed by atoms with Gasteiger partial charge in [0.05, 0.1) is 11.3 Å². The molecule has 2 heterocycles.